The minimum atomic E-state index is -0.579. The first-order valence-electron chi connectivity index (χ1n) is 13.7. The Balaban J connectivity index is 1.63. The largest absolute Gasteiger partial charge is 0.481 e. The van der Waals surface area contributed by atoms with Gasteiger partial charge in [0.15, 0.2) is 0 Å². The smallest absolute Gasteiger partial charge is 0.310 e. The van der Waals surface area contributed by atoms with E-state index in [1.165, 1.54) is 18.4 Å². The van der Waals surface area contributed by atoms with Crippen LogP contribution in [0.25, 0.3) is 0 Å². The molecule has 5 aliphatic rings. The number of allylic oxidation sites excluding steroid dienone is 2. The summed E-state index contributed by atoms with van der Waals surface area (Å²) >= 11 is 0. The van der Waals surface area contributed by atoms with Crippen LogP contribution in [-0.4, -0.2) is 16.9 Å². The highest BCUT2D eigenvalue weighted by atomic mass is 16.4. The highest BCUT2D eigenvalue weighted by Crippen LogP contribution is 2.75. The molecule has 184 valence electrons. The van der Waals surface area contributed by atoms with E-state index in [1.807, 2.05) is 0 Å². The lowest BCUT2D eigenvalue weighted by Crippen LogP contribution is -2.64. The van der Waals surface area contributed by atoms with Crippen molar-refractivity contribution in [3.8, 4) is 0 Å². The lowest BCUT2D eigenvalue weighted by Gasteiger charge is -2.70. The third kappa shape index (κ3) is 2.80. The van der Waals surface area contributed by atoms with Crippen LogP contribution in [0.5, 0.6) is 0 Å². The van der Waals surface area contributed by atoms with E-state index in [2.05, 4.69) is 54.5 Å². The van der Waals surface area contributed by atoms with Crippen LogP contribution in [0.1, 0.15) is 106 Å². The summed E-state index contributed by atoms with van der Waals surface area (Å²) in [6, 6.07) is 0. The van der Waals surface area contributed by atoms with Gasteiger partial charge in [0.2, 0.25) is 0 Å². The molecule has 4 fully saturated rings. The summed E-state index contributed by atoms with van der Waals surface area (Å²) in [5, 5.41) is 10.5. The molecule has 0 unspecified atom stereocenters. The molecule has 3 nitrogen and oxygen atoms in total. The molecule has 0 amide bonds. The first-order valence-corrected chi connectivity index (χ1v) is 13.7. The SMILES string of the molecule is C[C@H]1[C@H](C)CC[C@]2(C(=O)O)CC[C@]3(C)C(=CC[C@@H]4[C@@]5(C)CC(=O)CC(C)(C)[C@@H]5CC[C@]43C)[C@H]12. The van der Waals surface area contributed by atoms with E-state index in [1.54, 1.807) is 0 Å². The zero-order valence-electron chi connectivity index (χ0n) is 22.1. The number of hydrogen-bond donors (Lipinski definition) is 1. The Morgan fingerprint density at radius 3 is 2.30 bits per heavy atom. The number of rotatable bonds is 1. The van der Waals surface area contributed by atoms with Gasteiger partial charge in [0, 0.05) is 12.8 Å². The van der Waals surface area contributed by atoms with Crippen LogP contribution < -0.4 is 0 Å². The molecule has 4 saturated carbocycles. The van der Waals surface area contributed by atoms with Crippen LogP contribution in [0.15, 0.2) is 11.6 Å². The van der Waals surface area contributed by atoms with Gasteiger partial charge in [0.05, 0.1) is 5.41 Å². The molecule has 5 rings (SSSR count). The van der Waals surface area contributed by atoms with Gasteiger partial charge in [-0.15, -0.1) is 0 Å². The van der Waals surface area contributed by atoms with Gasteiger partial charge >= 0.3 is 5.97 Å². The van der Waals surface area contributed by atoms with Gasteiger partial charge in [0.25, 0.3) is 0 Å². The number of carboxylic acids is 1. The van der Waals surface area contributed by atoms with Crippen molar-refractivity contribution in [3.05, 3.63) is 11.6 Å². The number of carbonyl (C=O) groups excluding carboxylic acids is 1. The fraction of sp³-hybridized carbons (Fsp3) is 0.867. The fourth-order valence-corrected chi connectivity index (χ4v) is 10.9. The zero-order valence-corrected chi connectivity index (χ0v) is 22.1. The molecule has 9 atom stereocenters. The molecule has 0 aromatic carbocycles. The van der Waals surface area contributed by atoms with Crippen molar-refractivity contribution in [2.75, 3.05) is 0 Å². The number of hydrogen-bond acceptors (Lipinski definition) is 2. The van der Waals surface area contributed by atoms with Crippen LogP contribution in [0.3, 0.4) is 0 Å². The van der Waals surface area contributed by atoms with Gasteiger partial charge in [-0.3, -0.25) is 9.59 Å². The summed E-state index contributed by atoms with van der Waals surface area (Å²) in [5.41, 5.74) is 1.19. The molecule has 0 radical (unpaired) electrons. The van der Waals surface area contributed by atoms with Gasteiger partial charge in [-0.2, -0.15) is 0 Å². The van der Waals surface area contributed by atoms with E-state index >= 15 is 0 Å². The van der Waals surface area contributed by atoms with Crippen molar-refractivity contribution < 1.29 is 14.7 Å². The molecule has 0 spiro atoms. The van der Waals surface area contributed by atoms with Crippen LogP contribution in [0.2, 0.25) is 0 Å². The molecule has 0 aromatic heterocycles. The van der Waals surface area contributed by atoms with E-state index in [-0.39, 0.29) is 27.6 Å². The van der Waals surface area contributed by atoms with Crippen molar-refractivity contribution in [1.29, 1.82) is 0 Å². The van der Waals surface area contributed by atoms with E-state index in [0.29, 0.717) is 29.5 Å². The molecular weight excluding hydrogens is 408 g/mol. The summed E-state index contributed by atoms with van der Waals surface area (Å²) < 4.78 is 0. The van der Waals surface area contributed by atoms with Crippen LogP contribution in [0.4, 0.5) is 0 Å². The molecule has 0 bridgehead atoms. The van der Waals surface area contributed by atoms with Crippen LogP contribution in [0, 0.1) is 56.7 Å². The first-order chi connectivity index (χ1) is 15.2. The first kappa shape index (κ1) is 23.6. The minimum absolute atomic E-state index is 0.0312. The fourth-order valence-electron chi connectivity index (χ4n) is 10.9. The number of fused-ring (bicyclic) bond motifs is 7. The van der Waals surface area contributed by atoms with Gasteiger partial charge in [-0.25, -0.2) is 0 Å². The molecule has 3 heteroatoms. The maximum atomic E-state index is 13.0. The second-order valence-electron chi connectivity index (χ2n) is 14.5. The maximum Gasteiger partial charge on any atom is 0.310 e. The molecule has 1 N–H and O–H groups in total. The number of ketones is 1. The lowest BCUT2D eigenvalue weighted by atomic mass is 9.33. The molecule has 0 heterocycles. The van der Waals surface area contributed by atoms with Crippen molar-refractivity contribution in [2.24, 2.45) is 56.7 Å². The topological polar surface area (TPSA) is 54.4 Å². The molecule has 0 saturated heterocycles. The Hall–Kier alpha value is -1.12. The van der Waals surface area contributed by atoms with Crippen molar-refractivity contribution >= 4 is 11.8 Å². The van der Waals surface area contributed by atoms with Gasteiger partial charge in [0.1, 0.15) is 5.78 Å². The van der Waals surface area contributed by atoms with Crippen molar-refractivity contribution in [1.82, 2.24) is 0 Å². The summed E-state index contributed by atoms with van der Waals surface area (Å²) in [6.45, 7) is 16.8. The van der Waals surface area contributed by atoms with Gasteiger partial charge in [-0.1, -0.05) is 60.1 Å². The molecule has 0 aliphatic heterocycles. The predicted octanol–water partition coefficient (Wildman–Crippen LogP) is 7.30. The third-order valence-electron chi connectivity index (χ3n) is 12.9. The Kier molecular flexibility index (Phi) is 4.99. The third-order valence-corrected chi connectivity index (χ3v) is 12.9. The summed E-state index contributed by atoms with van der Waals surface area (Å²) in [6.07, 6.45) is 11.1. The normalized spacial score (nSPS) is 53.1. The van der Waals surface area contributed by atoms with E-state index in [4.69, 9.17) is 0 Å². The predicted molar refractivity (Wildman–Crippen MR) is 132 cm³/mol. The highest BCUT2D eigenvalue weighted by Gasteiger charge is 2.69. The Bertz CT molecular complexity index is 916. The highest BCUT2D eigenvalue weighted by molar-refractivity contribution is 5.81. The average Bonchev–Trinajstić information content (AvgIpc) is 2.69. The minimum Gasteiger partial charge on any atom is -0.481 e. The van der Waals surface area contributed by atoms with Crippen molar-refractivity contribution in [3.63, 3.8) is 0 Å². The number of carbonyl (C=O) groups is 2. The monoisotopic (exact) mass is 454 g/mol. The van der Waals surface area contributed by atoms with Crippen molar-refractivity contribution in [2.45, 2.75) is 106 Å². The van der Waals surface area contributed by atoms with Crippen LogP contribution >= 0.6 is 0 Å². The van der Waals surface area contributed by atoms with E-state index in [9.17, 15) is 14.7 Å². The maximum absolute atomic E-state index is 13.0. The second kappa shape index (κ2) is 6.97. The molecular formula is C30H46O3. The number of aliphatic carboxylic acids is 1. The summed E-state index contributed by atoms with van der Waals surface area (Å²) in [7, 11) is 0. The summed E-state index contributed by atoms with van der Waals surface area (Å²) in [4.78, 5) is 25.8. The van der Waals surface area contributed by atoms with E-state index in [0.717, 1.165) is 44.9 Å². The number of Topliss-reactive ketones (excluding diaryl/α,β-unsaturated/α-hetero) is 1. The van der Waals surface area contributed by atoms with Crippen LogP contribution in [-0.2, 0) is 9.59 Å². The zero-order chi connectivity index (χ0) is 24.2. The average molecular weight is 455 g/mol. The molecule has 0 aromatic rings. The molecule has 5 aliphatic carbocycles. The lowest BCUT2D eigenvalue weighted by molar-refractivity contribution is -0.190. The standard InChI is InChI=1S/C30H46O3/c1-18-10-13-30(25(32)33)15-14-28(6)21(24(30)19(18)2)8-9-23-27(5)17-20(31)16-26(3,4)22(27)11-12-29(23,28)7/h8,18-19,22-24H,9-17H2,1-7H3,(H,32,33)/t18-,19+,22+,23-,24+,27+,28-,29-,30+/m1/s1. The summed E-state index contributed by atoms with van der Waals surface area (Å²) in [5.74, 6) is 2.11. The second-order valence-corrected chi connectivity index (χ2v) is 14.5. The quantitative estimate of drug-likeness (QED) is 0.423. The van der Waals surface area contributed by atoms with Gasteiger partial charge < -0.3 is 5.11 Å². The van der Waals surface area contributed by atoms with E-state index < -0.39 is 11.4 Å². The molecule has 33 heavy (non-hydrogen) atoms. The number of carboxylic acid groups (broad SMARTS) is 1. The Labute approximate surface area is 201 Å². The van der Waals surface area contributed by atoms with Gasteiger partial charge in [-0.05, 0) is 96.2 Å². The Morgan fingerprint density at radius 1 is 0.939 bits per heavy atom. The Morgan fingerprint density at radius 2 is 1.64 bits per heavy atom.